The van der Waals surface area contributed by atoms with Gasteiger partial charge in [-0.15, -0.1) is 0 Å². The maximum absolute atomic E-state index is 12.0. The first kappa shape index (κ1) is 16.5. The Balaban J connectivity index is 1.45. The molecule has 0 saturated carbocycles. The molecule has 1 aliphatic rings. The zero-order valence-corrected chi connectivity index (χ0v) is 13.9. The molecule has 0 radical (unpaired) electrons. The quantitative estimate of drug-likeness (QED) is 0.683. The van der Waals surface area contributed by atoms with Crippen LogP contribution >= 0.6 is 0 Å². The van der Waals surface area contributed by atoms with Crippen molar-refractivity contribution < 1.29 is 19.4 Å². The number of nitrogens with two attached hydrogens (primary N) is 1. The fourth-order valence-electron chi connectivity index (χ4n) is 3.13. The molecule has 3 N–H and O–H groups in total. The van der Waals surface area contributed by atoms with Crippen LogP contribution in [0.15, 0.2) is 48.8 Å². The molecule has 2 aromatic heterocycles. The van der Waals surface area contributed by atoms with Gasteiger partial charge >= 0.3 is 5.97 Å². The highest BCUT2D eigenvalue weighted by Gasteiger charge is 2.42. The summed E-state index contributed by atoms with van der Waals surface area (Å²) < 4.78 is 12.6. The number of aromatic nitrogens is 3. The Labute approximate surface area is 149 Å². The molecular formula is C18H18N4O4. The van der Waals surface area contributed by atoms with Gasteiger partial charge in [0.05, 0.1) is 11.7 Å². The van der Waals surface area contributed by atoms with E-state index in [4.69, 9.17) is 15.2 Å². The number of fused-ring (bicyclic) bond motifs is 1. The van der Waals surface area contributed by atoms with E-state index < -0.39 is 17.9 Å². The van der Waals surface area contributed by atoms with Crippen LogP contribution < -0.4 is 5.73 Å². The van der Waals surface area contributed by atoms with Crippen LogP contribution in [0.2, 0.25) is 0 Å². The Hall–Kier alpha value is -2.97. The Morgan fingerprint density at radius 2 is 2.15 bits per heavy atom. The van der Waals surface area contributed by atoms with Gasteiger partial charge in [-0.2, -0.15) is 5.10 Å². The first-order valence-corrected chi connectivity index (χ1v) is 8.28. The first-order chi connectivity index (χ1) is 12.6. The lowest BCUT2D eigenvalue weighted by molar-refractivity contribution is -0.209. The molecule has 0 aliphatic carbocycles. The van der Waals surface area contributed by atoms with Gasteiger partial charge in [-0.05, 0) is 30.7 Å². The van der Waals surface area contributed by atoms with E-state index in [1.165, 1.54) is 10.8 Å². The molecule has 0 spiro atoms. The second-order valence-electron chi connectivity index (χ2n) is 6.19. The van der Waals surface area contributed by atoms with Gasteiger partial charge in [0.25, 0.3) is 0 Å². The first-order valence-electron chi connectivity index (χ1n) is 8.28. The summed E-state index contributed by atoms with van der Waals surface area (Å²) in [6, 6.07) is 12.2. The number of rotatable bonds is 4. The molecule has 1 aliphatic heterocycles. The molecule has 8 heteroatoms. The number of carbonyl (C=O) groups is 1. The molecule has 1 fully saturated rings. The van der Waals surface area contributed by atoms with Crippen LogP contribution in [-0.2, 0) is 15.3 Å². The van der Waals surface area contributed by atoms with Gasteiger partial charge in [-0.25, -0.2) is 14.3 Å². The van der Waals surface area contributed by atoms with Crippen LogP contribution in [-0.4, -0.2) is 38.4 Å². The molecule has 1 saturated heterocycles. The Morgan fingerprint density at radius 1 is 1.35 bits per heavy atom. The van der Waals surface area contributed by atoms with E-state index in [0.717, 1.165) is 0 Å². The van der Waals surface area contributed by atoms with E-state index in [1.54, 1.807) is 36.4 Å². The summed E-state index contributed by atoms with van der Waals surface area (Å²) in [4.78, 5) is 16.0. The van der Waals surface area contributed by atoms with Gasteiger partial charge in [0.15, 0.2) is 5.82 Å². The van der Waals surface area contributed by atoms with E-state index in [-0.39, 0.29) is 6.61 Å². The van der Waals surface area contributed by atoms with Crippen LogP contribution in [0.25, 0.3) is 5.52 Å². The van der Waals surface area contributed by atoms with E-state index in [1.807, 2.05) is 6.07 Å². The van der Waals surface area contributed by atoms with Gasteiger partial charge in [0, 0.05) is 6.42 Å². The highest BCUT2D eigenvalue weighted by molar-refractivity contribution is 5.89. The summed E-state index contributed by atoms with van der Waals surface area (Å²) >= 11 is 0. The SMILES string of the molecule is Nc1ncnn2c(C3(O)CC[C@@H](COC(=O)c4ccccc4)O3)ccc12. The molecule has 0 amide bonds. The third-order valence-corrected chi connectivity index (χ3v) is 4.46. The van der Waals surface area contributed by atoms with Crippen molar-refractivity contribution in [3.05, 3.63) is 60.0 Å². The van der Waals surface area contributed by atoms with Crippen LogP contribution in [0.1, 0.15) is 28.9 Å². The minimum atomic E-state index is -1.52. The maximum atomic E-state index is 12.0. The molecule has 2 atom stereocenters. The van der Waals surface area contributed by atoms with Crippen molar-refractivity contribution in [2.24, 2.45) is 0 Å². The second-order valence-corrected chi connectivity index (χ2v) is 6.19. The van der Waals surface area contributed by atoms with Gasteiger partial charge in [0.1, 0.15) is 24.1 Å². The smallest absolute Gasteiger partial charge is 0.338 e. The molecule has 3 aromatic rings. The molecular weight excluding hydrogens is 336 g/mol. The molecule has 134 valence electrons. The fraction of sp³-hybridized carbons (Fsp3) is 0.278. The van der Waals surface area contributed by atoms with Crippen LogP contribution in [0.5, 0.6) is 0 Å². The normalized spacial score (nSPS) is 22.6. The summed E-state index contributed by atoms with van der Waals surface area (Å²) in [6.07, 6.45) is 1.82. The van der Waals surface area contributed by atoms with Crippen molar-refractivity contribution >= 4 is 17.3 Å². The number of carbonyl (C=O) groups excluding carboxylic acids is 1. The van der Waals surface area contributed by atoms with Crippen molar-refractivity contribution in [3.8, 4) is 0 Å². The average Bonchev–Trinajstić information content (AvgIpc) is 3.26. The van der Waals surface area contributed by atoms with Crippen molar-refractivity contribution in [2.75, 3.05) is 12.3 Å². The zero-order valence-electron chi connectivity index (χ0n) is 13.9. The molecule has 4 rings (SSSR count). The van der Waals surface area contributed by atoms with E-state index in [9.17, 15) is 9.90 Å². The summed E-state index contributed by atoms with van der Waals surface area (Å²) in [5.41, 5.74) is 7.37. The lowest BCUT2D eigenvalue weighted by Gasteiger charge is -2.23. The monoisotopic (exact) mass is 354 g/mol. The van der Waals surface area contributed by atoms with E-state index >= 15 is 0 Å². The number of benzene rings is 1. The number of nitrogens with zero attached hydrogens (tertiary/aromatic N) is 3. The number of nitrogen functional groups attached to an aromatic ring is 1. The number of hydrogen-bond acceptors (Lipinski definition) is 7. The maximum Gasteiger partial charge on any atom is 0.338 e. The molecule has 0 bridgehead atoms. The third kappa shape index (κ3) is 2.89. The minimum absolute atomic E-state index is 0.0659. The van der Waals surface area contributed by atoms with Crippen molar-refractivity contribution in [1.82, 2.24) is 14.6 Å². The summed E-state index contributed by atoms with van der Waals surface area (Å²) in [5, 5.41) is 15.0. The summed E-state index contributed by atoms with van der Waals surface area (Å²) in [7, 11) is 0. The lowest BCUT2D eigenvalue weighted by atomic mass is 10.1. The molecule has 26 heavy (non-hydrogen) atoms. The van der Waals surface area contributed by atoms with Crippen molar-refractivity contribution in [1.29, 1.82) is 0 Å². The Bertz CT molecular complexity index is 943. The van der Waals surface area contributed by atoms with Crippen LogP contribution in [0.3, 0.4) is 0 Å². The summed E-state index contributed by atoms with van der Waals surface area (Å²) in [6.45, 7) is 0.0659. The lowest BCUT2D eigenvalue weighted by Crippen LogP contribution is -2.29. The second kappa shape index (κ2) is 6.40. The largest absolute Gasteiger partial charge is 0.459 e. The topological polar surface area (TPSA) is 112 Å². The Morgan fingerprint density at radius 3 is 2.96 bits per heavy atom. The van der Waals surface area contributed by atoms with Crippen LogP contribution in [0.4, 0.5) is 5.82 Å². The number of esters is 1. The molecule has 1 aromatic carbocycles. The average molecular weight is 354 g/mol. The van der Waals surface area contributed by atoms with Gasteiger partial charge < -0.3 is 20.3 Å². The summed E-state index contributed by atoms with van der Waals surface area (Å²) in [5.74, 6) is -1.61. The van der Waals surface area contributed by atoms with E-state index in [2.05, 4.69) is 10.1 Å². The number of aliphatic hydroxyl groups is 1. The minimum Gasteiger partial charge on any atom is -0.459 e. The van der Waals surface area contributed by atoms with Gasteiger partial charge in [-0.3, -0.25) is 0 Å². The highest BCUT2D eigenvalue weighted by atomic mass is 16.7. The Kier molecular flexibility index (Phi) is 4.06. The number of ether oxygens (including phenoxy) is 2. The molecule has 8 nitrogen and oxygen atoms in total. The van der Waals surface area contributed by atoms with Crippen LogP contribution in [0, 0.1) is 0 Å². The van der Waals surface area contributed by atoms with Gasteiger partial charge in [-0.1, -0.05) is 18.2 Å². The van der Waals surface area contributed by atoms with Crippen molar-refractivity contribution in [2.45, 2.75) is 24.7 Å². The van der Waals surface area contributed by atoms with Crippen molar-refractivity contribution in [3.63, 3.8) is 0 Å². The standard InChI is InChI=1S/C18H18N4O4/c19-16-14-6-7-15(22(14)21-11-20-16)18(24)9-8-13(26-18)10-25-17(23)12-4-2-1-3-5-12/h1-7,11,13,24H,8-10H2,(H2,19,20,21)/t13-,18?/m0/s1. The van der Waals surface area contributed by atoms with E-state index in [0.29, 0.717) is 35.4 Å². The molecule has 3 heterocycles. The third-order valence-electron chi connectivity index (χ3n) is 4.46. The number of anilines is 1. The van der Waals surface area contributed by atoms with Gasteiger partial charge in [0.2, 0.25) is 5.79 Å². The predicted molar refractivity (Wildman–Crippen MR) is 92.1 cm³/mol. The zero-order chi connectivity index (χ0) is 18.1. The predicted octanol–water partition coefficient (Wildman–Crippen LogP) is 1.49. The fourth-order valence-corrected chi connectivity index (χ4v) is 3.13. The molecule has 1 unspecified atom stereocenters. The number of hydrogen-bond donors (Lipinski definition) is 2. The highest BCUT2D eigenvalue weighted by Crippen LogP contribution is 2.37.